The van der Waals surface area contributed by atoms with E-state index in [1.54, 1.807) is 0 Å². The third-order valence-corrected chi connectivity index (χ3v) is 4.87. The minimum Gasteiger partial charge on any atom is -0.339 e. The van der Waals surface area contributed by atoms with Gasteiger partial charge in [0.25, 0.3) is 0 Å². The van der Waals surface area contributed by atoms with E-state index in [0.29, 0.717) is 13.1 Å². The van der Waals surface area contributed by atoms with Crippen LogP contribution in [0, 0.1) is 0 Å². The van der Waals surface area contributed by atoms with Crippen LogP contribution in [0.1, 0.15) is 17.2 Å². The summed E-state index contributed by atoms with van der Waals surface area (Å²) in [6.07, 6.45) is 0. The standard InChI is InChI=1S/C19H22ClN3O.2ClH/c20-17-9-5-4-8-16(17)19(15-6-2-1-3-7-15)23-12-10-22(11-13-23)18(24)14-21;;/h1-9,19H,10-14,21H2;2*1H. The van der Waals surface area contributed by atoms with Crippen molar-refractivity contribution in [2.24, 2.45) is 5.73 Å². The fourth-order valence-electron chi connectivity index (χ4n) is 3.28. The third kappa shape index (κ3) is 5.12. The second-order valence-corrected chi connectivity index (χ2v) is 6.36. The zero-order valence-electron chi connectivity index (χ0n) is 14.4. The van der Waals surface area contributed by atoms with E-state index in [4.69, 9.17) is 17.3 Å². The van der Waals surface area contributed by atoms with Crippen LogP contribution in [0.4, 0.5) is 0 Å². The minimum absolute atomic E-state index is 0. The van der Waals surface area contributed by atoms with Gasteiger partial charge >= 0.3 is 0 Å². The molecular formula is C19H24Cl3N3O. The van der Waals surface area contributed by atoms with Crippen molar-refractivity contribution in [1.29, 1.82) is 0 Å². The van der Waals surface area contributed by atoms with Crippen LogP contribution in [-0.4, -0.2) is 48.4 Å². The molecule has 1 fully saturated rings. The van der Waals surface area contributed by atoms with Gasteiger partial charge in [0.2, 0.25) is 5.91 Å². The van der Waals surface area contributed by atoms with E-state index in [9.17, 15) is 4.79 Å². The number of benzene rings is 2. The zero-order valence-corrected chi connectivity index (χ0v) is 16.8. The highest BCUT2D eigenvalue weighted by atomic mass is 35.5. The van der Waals surface area contributed by atoms with Crippen LogP contribution < -0.4 is 5.73 Å². The Bertz CT molecular complexity index is 691. The van der Waals surface area contributed by atoms with Gasteiger partial charge < -0.3 is 10.6 Å². The van der Waals surface area contributed by atoms with Gasteiger partial charge in [-0.2, -0.15) is 0 Å². The summed E-state index contributed by atoms with van der Waals surface area (Å²) in [6.45, 7) is 3.08. The Morgan fingerprint density at radius 2 is 1.54 bits per heavy atom. The Kier molecular flexibility index (Phi) is 9.41. The lowest BCUT2D eigenvalue weighted by Gasteiger charge is -2.40. The summed E-state index contributed by atoms with van der Waals surface area (Å²) in [7, 11) is 0. The molecule has 1 amide bonds. The molecule has 0 saturated carbocycles. The van der Waals surface area contributed by atoms with E-state index in [0.717, 1.165) is 23.7 Å². The maximum atomic E-state index is 11.8. The van der Waals surface area contributed by atoms with Gasteiger partial charge in [-0.1, -0.05) is 60.1 Å². The number of halogens is 3. The molecule has 0 bridgehead atoms. The van der Waals surface area contributed by atoms with Crippen molar-refractivity contribution in [2.45, 2.75) is 6.04 Å². The van der Waals surface area contributed by atoms with Crippen LogP contribution in [0.2, 0.25) is 5.02 Å². The van der Waals surface area contributed by atoms with Gasteiger partial charge in [-0.3, -0.25) is 9.69 Å². The summed E-state index contributed by atoms with van der Waals surface area (Å²) in [5.74, 6) is 0.0173. The molecular weight excluding hydrogens is 393 g/mol. The van der Waals surface area contributed by atoms with Crippen LogP contribution in [0.25, 0.3) is 0 Å². The summed E-state index contributed by atoms with van der Waals surface area (Å²) < 4.78 is 0. The van der Waals surface area contributed by atoms with E-state index in [1.807, 2.05) is 41.3 Å². The molecule has 7 heteroatoms. The highest BCUT2D eigenvalue weighted by molar-refractivity contribution is 6.31. The SMILES string of the molecule is Cl.Cl.NCC(=O)N1CCN(C(c2ccccc2)c2ccccc2Cl)CC1. The second kappa shape index (κ2) is 10.8. The number of nitrogens with two attached hydrogens (primary N) is 1. The molecule has 0 spiro atoms. The largest absolute Gasteiger partial charge is 0.339 e. The van der Waals surface area contributed by atoms with Gasteiger partial charge in [-0.05, 0) is 17.2 Å². The Hall–Kier alpha value is -1.30. The van der Waals surface area contributed by atoms with Crippen molar-refractivity contribution >= 4 is 42.3 Å². The third-order valence-electron chi connectivity index (χ3n) is 4.52. The van der Waals surface area contributed by atoms with Gasteiger partial charge in [-0.25, -0.2) is 0 Å². The van der Waals surface area contributed by atoms with Crippen molar-refractivity contribution in [3.8, 4) is 0 Å². The molecule has 142 valence electrons. The number of piperazine rings is 1. The Morgan fingerprint density at radius 3 is 2.12 bits per heavy atom. The predicted molar refractivity (Wildman–Crippen MR) is 111 cm³/mol. The van der Waals surface area contributed by atoms with Crippen LogP contribution in [-0.2, 0) is 4.79 Å². The predicted octanol–water partition coefficient (Wildman–Crippen LogP) is 3.38. The summed E-state index contributed by atoms with van der Waals surface area (Å²) in [5.41, 5.74) is 7.79. The summed E-state index contributed by atoms with van der Waals surface area (Å²) in [6, 6.07) is 18.5. The molecule has 1 aliphatic heterocycles. The van der Waals surface area contributed by atoms with Crippen molar-refractivity contribution in [1.82, 2.24) is 9.80 Å². The average molecular weight is 417 g/mol. The highest BCUT2D eigenvalue weighted by Crippen LogP contribution is 2.33. The molecule has 0 radical (unpaired) electrons. The van der Waals surface area contributed by atoms with Crippen LogP contribution in [0.5, 0.6) is 0 Å². The molecule has 4 nitrogen and oxygen atoms in total. The second-order valence-electron chi connectivity index (χ2n) is 5.96. The maximum Gasteiger partial charge on any atom is 0.236 e. The number of hydrogen-bond donors (Lipinski definition) is 1. The lowest BCUT2D eigenvalue weighted by Crippen LogP contribution is -2.51. The molecule has 2 aromatic carbocycles. The van der Waals surface area contributed by atoms with Crippen molar-refractivity contribution in [3.63, 3.8) is 0 Å². The smallest absolute Gasteiger partial charge is 0.236 e. The van der Waals surface area contributed by atoms with E-state index >= 15 is 0 Å². The number of amides is 1. The number of carbonyl (C=O) groups excluding carboxylic acids is 1. The topological polar surface area (TPSA) is 49.6 Å². The lowest BCUT2D eigenvalue weighted by atomic mass is 9.96. The number of carbonyl (C=O) groups is 1. The first-order valence-corrected chi connectivity index (χ1v) is 8.59. The molecule has 1 atom stereocenters. The Labute approximate surface area is 172 Å². The minimum atomic E-state index is 0. The van der Waals surface area contributed by atoms with Gasteiger partial charge in [0.1, 0.15) is 0 Å². The maximum absolute atomic E-state index is 11.8. The van der Waals surface area contributed by atoms with Crippen LogP contribution in [0.3, 0.4) is 0 Å². The number of nitrogens with zero attached hydrogens (tertiary/aromatic N) is 2. The molecule has 3 rings (SSSR count). The fourth-order valence-corrected chi connectivity index (χ4v) is 3.52. The fraction of sp³-hybridized carbons (Fsp3) is 0.316. The number of hydrogen-bond acceptors (Lipinski definition) is 3. The molecule has 1 heterocycles. The van der Waals surface area contributed by atoms with E-state index in [2.05, 4.69) is 23.1 Å². The Balaban J connectivity index is 0.00000169. The first kappa shape index (κ1) is 22.7. The van der Waals surface area contributed by atoms with Crippen molar-refractivity contribution < 1.29 is 4.79 Å². The molecule has 0 aromatic heterocycles. The molecule has 2 N–H and O–H groups in total. The molecule has 2 aromatic rings. The Morgan fingerprint density at radius 1 is 0.962 bits per heavy atom. The summed E-state index contributed by atoms with van der Waals surface area (Å²) in [5, 5.41) is 0.770. The quantitative estimate of drug-likeness (QED) is 0.831. The first-order chi connectivity index (χ1) is 11.7. The van der Waals surface area contributed by atoms with Crippen molar-refractivity contribution in [2.75, 3.05) is 32.7 Å². The molecule has 26 heavy (non-hydrogen) atoms. The van der Waals surface area contributed by atoms with Crippen LogP contribution >= 0.6 is 36.4 Å². The number of rotatable bonds is 4. The lowest BCUT2D eigenvalue weighted by molar-refractivity contribution is -0.131. The highest BCUT2D eigenvalue weighted by Gasteiger charge is 2.28. The molecule has 0 aliphatic carbocycles. The van der Waals surface area contributed by atoms with Gasteiger partial charge in [0.05, 0.1) is 12.6 Å². The molecule has 1 unspecified atom stereocenters. The summed E-state index contributed by atoms with van der Waals surface area (Å²) in [4.78, 5) is 16.0. The zero-order chi connectivity index (χ0) is 16.9. The monoisotopic (exact) mass is 415 g/mol. The van der Waals surface area contributed by atoms with Gasteiger partial charge in [0, 0.05) is 31.2 Å². The van der Waals surface area contributed by atoms with Gasteiger partial charge in [-0.15, -0.1) is 24.8 Å². The van der Waals surface area contributed by atoms with Crippen LogP contribution in [0.15, 0.2) is 54.6 Å². The van der Waals surface area contributed by atoms with E-state index in [1.165, 1.54) is 5.56 Å². The normalized spacial score (nSPS) is 15.5. The molecule has 1 saturated heterocycles. The van der Waals surface area contributed by atoms with Gasteiger partial charge in [0.15, 0.2) is 0 Å². The van der Waals surface area contributed by atoms with E-state index in [-0.39, 0.29) is 43.3 Å². The average Bonchev–Trinajstić information content (AvgIpc) is 2.64. The summed E-state index contributed by atoms with van der Waals surface area (Å²) >= 11 is 6.48. The van der Waals surface area contributed by atoms with E-state index < -0.39 is 0 Å². The molecule has 1 aliphatic rings. The van der Waals surface area contributed by atoms with Crippen molar-refractivity contribution in [3.05, 3.63) is 70.7 Å². The first-order valence-electron chi connectivity index (χ1n) is 8.22.